The van der Waals surface area contributed by atoms with Crippen LogP contribution in [0.4, 0.5) is 0 Å². The van der Waals surface area contributed by atoms with Crippen molar-refractivity contribution in [2.45, 2.75) is 51.1 Å². The van der Waals surface area contributed by atoms with Crippen LogP contribution >= 0.6 is 0 Å². The Morgan fingerprint density at radius 2 is 2.00 bits per heavy atom. The molecule has 1 N–H and O–H groups in total. The zero-order chi connectivity index (χ0) is 15.1. The molecule has 0 amide bonds. The van der Waals surface area contributed by atoms with Gasteiger partial charge >= 0.3 is 0 Å². The number of rotatable bonds is 6. The fraction of sp³-hybridized carbons (Fsp3) is 0.667. The van der Waals surface area contributed by atoms with E-state index in [1.54, 1.807) is 7.11 Å². The quantitative estimate of drug-likeness (QED) is 0.866. The summed E-state index contributed by atoms with van der Waals surface area (Å²) in [6.45, 7) is 4.67. The Morgan fingerprint density at radius 3 is 2.62 bits per heavy atom. The number of hydrogen-bond acceptors (Lipinski definition) is 3. The van der Waals surface area contributed by atoms with Crippen molar-refractivity contribution in [3.05, 3.63) is 29.8 Å². The van der Waals surface area contributed by atoms with E-state index >= 15 is 0 Å². The molecule has 1 fully saturated rings. The number of hydrogen-bond donors (Lipinski definition) is 1. The highest BCUT2D eigenvalue weighted by Crippen LogP contribution is 2.24. The lowest BCUT2D eigenvalue weighted by Gasteiger charge is -2.32. The van der Waals surface area contributed by atoms with Crippen molar-refractivity contribution in [3.8, 4) is 5.75 Å². The van der Waals surface area contributed by atoms with Gasteiger partial charge in [-0.3, -0.25) is 4.90 Å². The van der Waals surface area contributed by atoms with Gasteiger partial charge in [0.15, 0.2) is 0 Å². The molecule has 2 atom stereocenters. The first-order valence-corrected chi connectivity index (χ1v) is 8.33. The number of ether oxygens (including phenoxy) is 1. The minimum absolute atomic E-state index is 0.392. The Kier molecular flexibility index (Phi) is 6.52. The highest BCUT2D eigenvalue weighted by Gasteiger charge is 2.22. The van der Waals surface area contributed by atoms with Gasteiger partial charge in [0.25, 0.3) is 0 Å². The van der Waals surface area contributed by atoms with Crippen LogP contribution < -0.4 is 10.1 Å². The third kappa shape index (κ3) is 4.45. The fourth-order valence-corrected chi connectivity index (χ4v) is 3.37. The first-order valence-electron chi connectivity index (χ1n) is 8.33. The van der Waals surface area contributed by atoms with Crippen LogP contribution in [0.3, 0.4) is 0 Å². The number of nitrogens with one attached hydrogen (secondary N) is 1. The predicted octanol–water partition coefficient (Wildman–Crippen LogP) is 3.61. The van der Waals surface area contributed by atoms with Gasteiger partial charge in [0, 0.05) is 18.6 Å². The topological polar surface area (TPSA) is 24.5 Å². The average molecular weight is 290 g/mol. The van der Waals surface area contributed by atoms with Crippen LogP contribution in [-0.4, -0.2) is 38.2 Å². The highest BCUT2D eigenvalue weighted by atomic mass is 16.5. The average Bonchev–Trinajstić information content (AvgIpc) is 2.77. The van der Waals surface area contributed by atoms with Crippen LogP contribution in [0.2, 0.25) is 0 Å². The second-order valence-corrected chi connectivity index (χ2v) is 6.02. The molecule has 2 rings (SSSR count). The lowest BCUT2D eigenvalue weighted by molar-refractivity contribution is 0.176. The van der Waals surface area contributed by atoms with Crippen LogP contribution in [0, 0.1) is 0 Å². The summed E-state index contributed by atoms with van der Waals surface area (Å²) < 4.78 is 5.25. The van der Waals surface area contributed by atoms with E-state index in [4.69, 9.17) is 4.74 Å². The van der Waals surface area contributed by atoms with Crippen molar-refractivity contribution >= 4 is 0 Å². The minimum atomic E-state index is 0.392. The number of nitrogens with zero attached hydrogens (tertiary/aromatic N) is 1. The largest absolute Gasteiger partial charge is 0.497 e. The minimum Gasteiger partial charge on any atom is -0.497 e. The normalized spacial score (nSPS) is 21.8. The Labute approximate surface area is 129 Å². The Balaban J connectivity index is 2.05. The summed E-state index contributed by atoms with van der Waals surface area (Å²) in [5.41, 5.74) is 1.34. The van der Waals surface area contributed by atoms with Crippen LogP contribution in [0.1, 0.15) is 50.6 Å². The zero-order valence-electron chi connectivity index (χ0n) is 13.8. The van der Waals surface area contributed by atoms with Crippen molar-refractivity contribution in [1.29, 1.82) is 0 Å². The molecule has 1 aromatic carbocycles. The van der Waals surface area contributed by atoms with Crippen molar-refractivity contribution in [2.24, 2.45) is 0 Å². The molecule has 0 saturated carbocycles. The first kappa shape index (κ1) is 16.3. The van der Waals surface area contributed by atoms with E-state index in [9.17, 15) is 0 Å². The number of likely N-dealkylation sites (tertiary alicyclic amines) is 1. The van der Waals surface area contributed by atoms with Gasteiger partial charge in [0.05, 0.1) is 7.11 Å². The molecule has 0 bridgehead atoms. The summed E-state index contributed by atoms with van der Waals surface area (Å²) in [5.74, 6) is 0.926. The Hall–Kier alpha value is -1.06. The van der Waals surface area contributed by atoms with Gasteiger partial charge < -0.3 is 10.1 Å². The molecule has 2 unspecified atom stereocenters. The van der Waals surface area contributed by atoms with Crippen LogP contribution in [0.25, 0.3) is 0 Å². The molecule has 0 aliphatic carbocycles. The molecule has 3 nitrogen and oxygen atoms in total. The molecule has 1 aliphatic heterocycles. The second-order valence-electron chi connectivity index (χ2n) is 6.02. The first-order chi connectivity index (χ1) is 10.3. The smallest absolute Gasteiger partial charge is 0.118 e. The molecular weight excluding hydrogens is 260 g/mol. The monoisotopic (exact) mass is 290 g/mol. The maximum absolute atomic E-state index is 5.25. The molecule has 3 heteroatoms. The van der Waals surface area contributed by atoms with Crippen LogP contribution in [0.15, 0.2) is 24.3 Å². The summed E-state index contributed by atoms with van der Waals surface area (Å²) in [6, 6.07) is 9.61. The molecule has 0 radical (unpaired) electrons. The van der Waals surface area contributed by atoms with E-state index in [2.05, 4.69) is 48.5 Å². The third-order valence-electron chi connectivity index (χ3n) is 4.75. The van der Waals surface area contributed by atoms with E-state index in [-0.39, 0.29) is 0 Å². The van der Waals surface area contributed by atoms with Gasteiger partial charge in [0.1, 0.15) is 5.75 Å². The highest BCUT2D eigenvalue weighted by molar-refractivity contribution is 5.29. The Morgan fingerprint density at radius 1 is 1.24 bits per heavy atom. The summed E-state index contributed by atoms with van der Waals surface area (Å²) in [5, 5.41) is 3.49. The maximum atomic E-state index is 5.25. The van der Waals surface area contributed by atoms with E-state index < -0.39 is 0 Å². The predicted molar refractivity (Wildman–Crippen MR) is 88.9 cm³/mol. The van der Waals surface area contributed by atoms with E-state index in [0.717, 1.165) is 18.3 Å². The van der Waals surface area contributed by atoms with Gasteiger partial charge in [-0.2, -0.15) is 0 Å². The van der Waals surface area contributed by atoms with E-state index in [1.807, 2.05) is 0 Å². The number of benzene rings is 1. The maximum Gasteiger partial charge on any atom is 0.118 e. The molecule has 118 valence electrons. The summed E-state index contributed by atoms with van der Waals surface area (Å²) >= 11 is 0. The summed E-state index contributed by atoms with van der Waals surface area (Å²) in [7, 11) is 3.78. The van der Waals surface area contributed by atoms with Crippen molar-refractivity contribution in [3.63, 3.8) is 0 Å². The van der Waals surface area contributed by atoms with Crippen molar-refractivity contribution < 1.29 is 4.74 Å². The van der Waals surface area contributed by atoms with Crippen LogP contribution in [0.5, 0.6) is 5.75 Å². The number of methoxy groups -OCH3 is 1. The molecular formula is C18H30N2O. The molecule has 0 spiro atoms. The van der Waals surface area contributed by atoms with Gasteiger partial charge in [0.2, 0.25) is 0 Å². The SMILES string of the molecule is CCC1CCCCCN1CC(NC)c1ccc(OC)cc1. The standard InChI is InChI=1S/C18H30N2O/c1-4-16-8-6-5-7-13-20(16)14-18(19-2)15-9-11-17(21-3)12-10-15/h9-12,16,18-19H,4-8,13-14H2,1-3H3. The van der Waals surface area contributed by atoms with Gasteiger partial charge in [-0.1, -0.05) is 31.9 Å². The van der Waals surface area contributed by atoms with Gasteiger partial charge in [-0.15, -0.1) is 0 Å². The molecule has 0 aromatic heterocycles. The Bertz CT molecular complexity index is 404. The fourth-order valence-electron chi connectivity index (χ4n) is 3.37. The molecule has 1 saturated heterocycles. The molecule has 1 heterocycles. The summed E-state index contributed by atoms with van der Waals surface area (Å²) in [6.07, 6.45) is 6.74. The number of likely N-dealkylation sites (N-methyl/N-ethyl adjacent to an activating group) is 1. The summed E-state index contributed by atoms with van der Waals surface area (Å²) in [4.78, 5) is 2.69. The van der Waals surface area contributed by atoms with E-state index in [1.165, 1.54) is 44.2 Å². The molecule has 21 heavy (non-hydrogen) atoms. The van der Waals surface area contributed by atoms with Crippen molar-refractivity contribution in [1.82, 2.24) is 10.2 Å². The lowest BCUT2D eigenvalue weighted by atomic mass is 10.0. The second kappa shape index (κ2) is 8.40. The zero-order valence-corrected chi connectivity index (χ0v) is 13.8. The van der Waals surface area contributed by atoms with E-state index in [0.29, 0.717) is 6.04 Å². The molecule has 1 aromatic rings. The van der Waals surface area contributed by atoms with Crippen LogP contribution in [-0.2, 0) is 0 Å². The van der Waals surface area contributed by atoms with Gasteiger partial charge in [-0.25, -0.2) is 0 Å². The lowest BCUT2D eigenvalue weighted by Crippen LogP contribution is -2.40. The third-order valence-corrected chi connectivity index (χ3v) is 4.75. The van der Waals surface area contributed by atoms with Crippen molar-refractivity contribution in [2.75, 3.05) is 27.2 Å². The molecule has 1 aliphatic rings. The van der Waals surface area contributed by atoms with Gasteiger partial charge in [-0.05, 0) is 50.6 Å².